The van der Waals surface area contributed by atoms with Crippen molar-refractivity contribution in [2.75, 3.05) is 20.1 Å². The number of aromatic hydroxyl groups is 1. The lowest BCUT2D eigenvalue weighted by Gasteiger charge is -2.35. The van der Waals surface area contributed by atoms with E-state index in [1.165, 1.54) is 31.4 Å². The minimum atomic E-state index is 0.226. The number of likely N-dealkylation sites (N-methyl/N-ethyl adjacent to an activating group) is 1. The van der Waals surface area contributed by atoms with Crippen molar-refractivity contribution in [3.63, 3.8) is 0 Å². The highest BCUT2D eigenvalue weighted by Crippen LogP contribution is 2.37. The normalized spacial score (nSPS) is 23.6. The van der Waals surface area contributed by atoms with Gasteiger partial charge in [0.2, 0.25) is 0 Å². The lowest BCUT2D eigenvalue weighted by atomic mass is 9.74. The van der Waals surface area contributed by atoms with E-state index >= 15 is 0 Å². The average Bonchev–Trinajstić information content (AvgIpc) is 2.99. The van der Waals surface area contributed by atoms with Crippen molar-refractivity contribution < 1.29 is 5.11 Å². The Morgan fingerprint density at radius 2 is 1.88 bits per heavy atom. The third-order valence-corrected chi connectivity index (χ3v) is 4.87. The van der Waals surface area contributed by atoms with Crippen molar-refractivity contribution in [2.45, 2.75) is 38.0 Å². The van der Waals surface area contributed by atoms with Gasteiger partial charge in [-0.2, -0.15) is 0 Å². The molecule has 1 saturated heterocycles. The van der Waals surface area contributed by atoms with Crippen LogP contribution in [0, 0.1) is 0 Å². The summed E-state index contributed by atoms with van der Waals surface area (Å²) < 4.78 is 0. The van der Waals surface area contributed by atoms with Crippen LogP contribution in [-0.4, -0.2) is 30.1 Å². The molecule has 130 valence electrons. The summed E-state index contributed by atoms with van der Waals surface area (Å²) >= 11 is 0. The maximum atomic E-state index is 9.68. The Morgan fingerprint density at radius 1 is 1.12 bits per heavy atom. The molecular formula is C21H30N2O. The molecule has 3 heteroatoms. The first-order chi connectivity index (χ1) is 11.7. The number of rotatable bonds is 2. The van der Waals surface area contributed by atoms with Gasteiger partial charge in [0.1, 0.15) is 5.75 Å². The summed E-state index contributed by atoms with van der Waals surface area (Å²) in [7, 11) is 2.21. The Labute approximate surface area is 146 Å². The van der Waals surface area contributed by atoms with Gasteiger partial charge in [0.15, 0.2) is 0 Å². The Hall–Kier alpha value is -2.00. The largest absolute Gasteiger partial charge is 0.508 e. The molecule has 0 aliphatic carbocycles. The summed E-state index contributed by atoms with van der Waals surface area (Å²) in [4.78, 5) is 2.43. The number of allylic oxidation sites excluding steroid dienone is 4. The highest BCUT2D eigenvalue weighted by atomic mass is 16.3. The number of benzene rings is 1. The molecule has 0 bridgehead atoms. The zero-order valence-corrected chi connectivity index (χ0v) is 14.9. The summed E-state index contributed by atoms with van der Waals surface area (Å²) in [5, 5.41) is 12.6. The van der Waals surface area contributed by atoms with Crippen LogP contribution < -0.4 is 5.32 Å². The number of phenolic OH excluding ortho intramolecular Hbond substituents is 1. The molecule has 0 saturated carbocycles. The fourth-order valence-corrected chi connectivity index (χ4v) is 3.49. The number of hydrogen-bond acceptors (Lipinski definition) is 3. The van der Waals surface area contributed by atoms with Gasteiger partial charge in [-0.05, 0) is 62.7 Å². The molecule has 2 aliphatic rings. The summed E-state index contributed by atoms with van der Waals surface area (Å²) in [6, 6.07) is 7.84. The second-order valence-corrected chi connectivity index (χ2v) is 6.65. The standard InChI is InChI=1S/C15H23NO.C6H7N/c1-3-15(9-4-5-10-16(2)12-15)13-7-6-8-14(17)11-13;1-2-4-6-7-5-3-1/h6-8,11,17H,3-5,9-10,12H2,1-2H3;1-7H. The smallest absolute Gasteiger partial charge is 0.115 e. The Bertz CT molecular complexity index is 577. The van der Waals surface area contributed by atoms with Gasteiger partial charge in [-0.15, -0.1) is 0 Å². The molecule has 1 unspecified atom stereocenters. The van der Waals surface area contributed by atoms with Crippen LogP contribution >= 0.6 is 0 Å². The fourth-order valence-electron chi connectivity index (χ4n) is 3.49. The third-order valence-electron chi connectivity index (χ3n) is 4.87. The molecule has 0 aromatic heterocycles. The van der Waals surface area contributed by atoms with Crippen LogP contribution in [0.3, 0.4) is 0 Å². The van der Waals surface area contributed by atoms with Gasteiger partial charge < -0.3 is 15.3 Å². The average molecular weight is 326 g/mol. The van der Waals surface area contributed by atoms with E-state index in [4.69, 9.17) is 0 Å². The van der Waals surface area contributed by atoms with Gasteiger partial charge in [0.05, 0.1) is 0 Å². The fraction of sp³-hybridized carbons (Fsp3) is 0.429. The van der Waals surface area contributed by atoms with Crippen molar-refractivity contribution in [3.8, 4) is 5.75 Å². The van der Waals surface area contributed by atoms with E-state index in [1.54, 1.807) is 6.07 Å². The van der Waals surface area contributed by atoms with Crippen molar-refractivity contribution in [2.24, 2.45) is 0 Å². The van der Waals surface area contributed by atoms with Crippen LogP contribution in [0.4, 0.5) is 0 Å². The van der Waals surface area contributed by atoms with E-state index in [1.807, 2.05) is 48.8 Å². The van der Waals surface area contributed by atoms with E-state index in [-0.39, 0.29) is 5.41 Å². The number of phenols is 1. The van der Waals surface area contributed by atoms with E-state index < -0.39 is 0 Å². The van der Waals surface area contributed by atoms with Gasteiger partial charge in [-0.1, -0.05) is 37.6 Å². The summed E-state index contributed by atoms with van der Waals surface area (Å²) in [5.41, 5.74) is 1.53. The molecule has 1 aromatic rings. The maximum absolute atomic E-state index is 9.68. The lowest BCUT2D eigenvalue weighted by Crippen LogP contribution is -2.37. The molecule has 1 atom stereocenters. The first-order valence-electron chi connectivity index (χ1n) is 8.89. The molecule has 24 heavy (non-hydrogen) atoms. The summed E-state index contributed by atoms with van der Waals surface area (Å²) in [5.74, 6) is 0.391. The predicted octanol–water partition coefficient (Wildman–Crippen LogP) is 4.33. The van der Waals surface area contributed by atoms with Crippen molar-refractivity contribution in [3.05, 3.63) is 66.5 Å². The first kappa shape index (κ1) is 18.3. The van der Waals surface area contributed by atoms with Crippen molar-refractivity contribution in [1.82, 2.24) is 10.2 Å². The lowest BCUT2D eigenvalue weighted by molar-refractivity contribution is 0.256. The van der Waals surface area contributed by atoms with Gasteiger partial charge in [-0.3, -0.25) is 0 Å². The molecule has 2 heterocycles. The molecule has 3 nitrogen and oxygen atoms in total. The van der Waals surface area contributed by atoms with Crippen LogP contribution in [0.2, 0.25) is 0 Å². The Balaban J connectivity index is 0.000000249. The molecule has 0 amide bonds. The van der Waals surface area contributed by atoms with E-state index in [9.17, 15) is 5.11 Å². The number of hydrogen-bond donors (Lipinski definition) is 2. The first-order valence-corrected chi connectivity index (χ1v) is 8.89. The number of nitrogens with one attached hydrogen (secondary N) is 1. The van der Waals surface area contributed by atoms with E-state index in [2.05, 4.69) is 30.3 Å². The molecule has 0 radical (unpaired) electrons. The van der Waals surface area contributed by atoms with Crippen LogP contribution in [0.5, 0.6) is 5.75 Å². The molecule has 1 aromatic carbocycles. The highest BCUT2D eigenvalue weighted by molar-refractivity contribution is 5.33. The third kappa shape index (κ3) is 5.27. The molecular weight excluding hydrogens is 296 g/mol. The molecule has 2 N–H and O–H groups in total. The monoisotopic (exact) mass is 326 g/mol. The maximum Gasteiger partial charge on any atom is 0.115 e. The predicted molar refractivity (Wildman–Crippen MR) is 102 cm³/mol. The van der Waals surface area contributed by atoms with E-state index in [0.717, 1.165) is 13.0 Å². The van der Waals surface area contributed by atoms with Crippen LogP contribution in [0.15, 0.2) is 61.0 Å². The SMILES string of the molecule is C1=CC=CNC=C1.CCC1(c2cccc(O)c2)CCCCN(C)C1. The molecule has 3 rings (SSSR count). The van der Waals surface area contributed by atoms with Crippen molar-refractivity contribution in [1.29, 1.82) is 0 Å². The van der Waals surface area contributed by atoms with Gasteiger partial charge >= 0.3 is 0 Å². The number of likely N-dealkylation sites (tertiary alicyclic amines) is 1. The highest BCUT2D eigenvalue weighted by Gasteiger charge is 2.33. The van der Waals surface area contributed by atoms with E-state index in [0.29, 0.717) is 5.75 Å². The molecule has 2 aliphatic heterocycles. The quantitative estimate of drug-likeness (QED) is 0.849. The Morgan fingerprint density at radius 3 is 2.54 bits per heavy atom. The van der Waals surface area contributed by atoms with Gasteiger partial charge in [-0.25, -0.2) is 0 Å². The van der Waals surface area contributed by atoms with Crippen LogP contribution in [-0.2, 0) is 5.41 Å². The minimum absolute atomic E-state index is 0.226. The zero-order valence-electron chi connectivity index (χ0n) is 14.9. The van der Waals surface area contributed by atoms with Crippen LogP contribution in [0.25, 0.3) is 0 Å². The minimum Gasteiger partial charge on any atom is -0.508 e. The Kier molecular flexibility index (Phi) is 7.13. The molecule has 1 fully saturated rings. The number of nitrogens with zero attached hydrogens (tertiary/aromatic N) is 1. The summed E-state index contributed by atoms with van der Waals surface area (Å²) in [6.45, 7) is 4.57. The second-order valence-electron chi connectivity index (χ2n) is 6.65. The van der Waals surface area contributed by atoms with Crippen LogP contribution in [0.1, 0.15) is 38.2 Å². The van der Waals surface area contributed by atoms with Gasteiger partial charge in [0.25, 0.3) is 0 Å². The van der Waals surface area contributed by atoms with Gasteiger partial charge in [0, 0.05) is 24.4 Å². The molecule has 0 spiro atoms. The topological polar surface area (TPSA) is 35.5 Å². The zero-order chi connectivity index (χ0) is 17.3. The summed E-state index contributed by atoms with van der Waals surface area (Å²) in [6.07, 6.45) is 16.5. The van der Waals surface area contributed by atoms with Crippen molar-refractivity contribution >= 4 is 0 Å². The second kappa shape index (κ2) is 9.33.